The monoisotopic (exact) mass is 135 g/mol. The Kier molecular flexibility index (Phi) is 2.11. The summed E-state index contributed by atoms with van der Waals surface area (Å²) >= 11 is 0. The highest BCUT2D eigenvalue weighted by molar-refractivity contribution is 5.03. The third-order valence-corrected chi connectivity index (χ3v) is 2.46. The van der Waals surface area contributed by atoms with Crippen LogP contribution in [0.3, 0.4) is 0 Å². The highest BCUT2D eigenvalue weighted by Crippen LogP contribution is 2.28. The molecule has 1 aliphatic carbocycles. The maximum Gasteiger partial charge on any atom is 0.0662 e. The fourth-order valence-corrected chi connectivity index (χ4v) is 1.37. The largest absolute Gasteiger partial charge is 0.198 e. The van der Waals surface area contributed by atoms with E-state index in [1.54, 1.807) is 0 Å². The molecule has 0 saturated carbocycles. The van der Waals surface area contributed by atoms with Gasteiger partial charge < -0.3 is 0 Å². The molecule has 1 aliphatic rings. The standard InChI is InChI=1S/C9H13N/c1-7-4-3-5-9(6-10)8(7)2/h3-4,7-9H,5H2,1-2H3. The second-order valence-corrected chi connectivity index (χ2v) is 3.12. The summed E-state index contributed by atoms with van der Waals surface area (Å²) in [7, 11) is 0. The minimum atomic E-state index is 0.250. The van der Waals surface area contributed by atoms with Crippen molar-refractivity contribution in [3.63, 3.8) is 0 Å². The Bertz CT molecular complexity index is 176. The van der Waals surface area contributed by atoms with Gasteiger partial charge in [0.15, 0.2) is 0 Å². The van der Waals surface area contributed by atoms with Crippen molar-refractivity contribution in [3.05, 3.63) is 12.2 Å². The molecule has 0 saturated heterocycles. The van der Waals surface area contributed by atoms with Crippen LogP contribution in [0.25, 0.3) is 0 Å². The van der Waals surface area contributed by atoms with Gasteiger partial charge in [-0.1, -0.05) is 26.0 Å². The quantitative estimate of drug-likeness (QED) is 0.468. The summed E-state index contributed by atoms with van der Waals surface area (Å²) in [5.41, 5.74) is 0. The fourth-order valence-electron chi connectivity index (χ4n) is 1.37. The van der Waals surface area contributed by atoms with E-state index in [-0.39, 0.29) is 5.92 Å². The molecule has 54 valence electrons. The van der Waals surface area contributed by atoms with Crippen molar-refractivity contribution >= 4 is 0 Å². The van der Waals surface area contributed by atoms with Gasteiger partial charge in [0.25, 0.3) is 0 Å². The van der Waals surface area contributed by atoms with Gasteiger partial charge in [0.2, 0.25) is 0 Å². The number of rotatable bonds is 0. The van der Waals surface area contributed by atoms with E-state index in [2.05, 4.69) is 32.1 Å². The van der Waals surface area contributed by atoms with Crippen LogP contribution in [-0.4, -0.2) is 0 Å². The Morgan fingerprint density at radius 2 is 2.20 bits per heavy atom. The summed E-state index contributed by atoms with van der Waals surface area (Å²) in [6.45, 7) is 4.33. The topological polar surface area (TPSA) is 23.8 Å². The zero-order valence-electron chi connectivity index (χ0n) is 6.54. The summed E-state index contributed by atoms with van der Waals surface area (Å²) in [5, 5.41) is 8.70. The van der Waals surface area contributed by atoms with Crippen LogP contribution >= 0.6 is 0 Å². The molecule has 1 heteroatoms. The molecule has 0 spiro atoms. The Morgan fingerprint density at radius 1 is 1.50 bits per heavy atom. The fraction of sp³-hybridized carbons (Fsp3) is 0.667. The van der Waals surface area contributed by atoms with Crippen LogP contribution < -0.4 is 0 Å². The maximum absolute atomic E-state index is 8.70. The van der Waals surface area contributed by atoms with Crippen molar-refractivity contribution in [3.8, 4) is 6.07 Å². The molecular weight excluding hydrogens is 122 g/mol. The van der Waals surface area contributed by atoms with Crippen LogP contribution in [0.15, 0.2) is 12.2 Å². The van der Waals surface area contributed by atoms with Crippen molar-refractivity contribution in [1.29, 1.82) is 5.26 Å². The van der Waals surface area contributed by atoms with E-state index in [0.717, 1.165) is 6.42 Å². The predicted molar refractivity (Wildman–Crippen MR) is 41.2 cm³/mol. The number of nitrogens with zero attached hydrogens (tertiary/aromatic N) is 1. The van der Waals surface area contributed by atoms with Gasteiger partial charge in [-0.15, -0.1) is 0 Å². The summed E-state index contributed by atoms with van der Waals surface area (Å²) in [5.74, 6) is 1.37. The van der Waals surface area contributed by atoms with Gasteiger partial charge in [0.05, 0.1) is 12.0 Å². The zero-order chi connectivity index (χ0) is 7.56. The van der Waals surface area contributed by atoms with Gasteiger partial charge in [-0.2, -0.15) is 5.26 Å². The van der Waals surface area contributed by atoms with Crippen molar-refractivity contribution in [2.75, 3.05) is 0 Å². The summed E-state index contributed by atoms with van der Waals surface area (Å²) < 4.78 is 0. The SMILES string of the molecule is CC1C=CCC(C#N)C1C. The van der Waals surface area contributed by atoms with E-state index in [4.69, 9.17) is 5.26 Å². The minimum absolute atomic E-state index is 0.250. The molecule has 0 aromatic carbocycles. The molecule has 0 aliphatic heterocycles. The smallest absolute Gasteiger partial charge is 0.0662 e. The van der Waals surface area contributed by atoms with E-state index in [0.29, 0.717) is 11.8 Å². The Labute approximate surface area is 62.4 Å². The Balaban J connectivity index is 2.67. The third kappa shape index (κ3) is 1.21. The second-order valence-electron chi connectivity index (χ2n) is 3.12. The first-order valence-corrected chi connectivity index (χ1v) is 3.82. The first-order chi connectivity index (χ1) is 4.75. The molecule has 3 atom stereocenters. The van der Waals surface area contributed by atoms with E-state index in [1.165, 1.54) is 0 Å². The predicted octanol–water partition coefficient (Wildman–Crippen LogP) is 2.36. The molecule has 0 radical (unpaired) electrons. The van der Waals surface area contributed by atoms with E-state index < -0.39 is 0 Å². The number of hydrogen-bond donors (Lipinski definition) is 0. The van der Waals surface area contributed by atoms with Gasteiger partial charge >= 0.3 is 0 Å². The van der Waals surface area contributed by atoms with E-state index in [9.17, 15) is 0 Å². The number of allylic oxidation sites excluding steroid dienone is 2. The molecule has 0 fully saturated rings. The van der Waals surface area contributed by atoms with Gasteiger partial charge in [-0.3, -0.25) is 0 Å². The first-order valence-electron chi connectivity index (χ1n) is 3.82. The van der Waals surface area contributed by atoms with Crippen molar-refractivity contribution < 1.29 is 0 Å². The summed E-state index contributed by atoms with van der Waals surface area (Å²) in [6, 6.07) is 2.33. The molecule has 0 aromatic rings. The third-order valence-electron chi connectivity index (χ3n) is 2.46. The van der Waals surface area contributed by atoms with Crippen LogP contribution in [0.1, 0.15) is 20.3 Å². The molecule has 0 N–H and O–H groups in total. The van der Waals surface area contributed by atoms with Crippen LogP contribution in [-0.2, 0) is 0 Å². The lowest BCUT2D eigenvalue weighted by atomic mass is 9.79. The molecule has 0 aromatic heterocycles. The second kappa shape index (κ2) is 2.88. The Morgan fingerprint density at radius 3 is 2.70 bits per heavy atom. The van der Waals surface area contributed by atoms with Gasteiger partial charge in [-0.25, -0.2) is 0 Å². The molecule has 1 rings (SSSR count). The average Bonchev–Trinajstić information content (AvgIpc) is 1.95. The summed E-state index contributed by atoms with van der Waals surface area (Å²) in [4.78, 5) is 0. The molecule has 0 heterocycles. The molecular formula is C9H13N. The van der Waals surface area contributed by atoms with Crippen LogP contribution in [0.4, 0.5) is 0 Å². The van der Waals surface area contributed by atoms with Gasteiger partial charge in [-0.05, 0) is 18.3 Å². The normalized spacial score (nSPS) is 39.1. The molecule has 10 heavy (non-hydrogen) atoms. The maximum atomic E-state index is 8.70. The lowest BCUT2D eigenvalue weighted by molar-refractivity contribution is 0.342. The van der Waals surface area contributed by atoms with Crippen LogP contribution in [0, 0.1) is 29.1 Å². The van der Waals surface area contributed by atoms with Crippen LogP contribution in [0.5, 0.6) is 0 Å². The number of hydrogen-bond acceptors (Lipinski definition) is 1. The van der Waals surface area contributed by atoms with Crippen molar-refractivity contribution in [2.24, 2.45) is 17.8 Å². The highest BCUT2D eigenvalue weighted by atomic mass is 14.3. The number of nitriles is 1. The molecule has 0 bridgehead atoms. The van der Waals surface area contributed by atoms with Gasteiger partial charge in [0, 0.05) is 0 Å². The van der Waals surface area contributed by atoms with Crippen molar-refractivity contribution in [2.45, 2.75) is 20.3 Å². The average molecular weight is 135 g/mol. The minimum Gasteiger partial charge on any atom is -0.198 e. The first kappa shape index (κ1) is 7.34. The summed E-state index contributed by atoms with van der Waals surface area (Å²) in [6.07, 6.45) is 5.28. The van der Waals surface area contributed by atoms with E-state index in [1.807, 2.05) is 0 Å². The lowest BCUT2D eigenvalue weighted by Crippen LogP contribution is -2.19. The van der Waals surface area contributed by atoms with Gasteiger partial charge in [0.1, 0.15) is 0 Å². The van der Waals surface area contributed by atoms with Crippen LogP contribution in [0.2, 0.25) is 0 Å². The Hall–Kier alpha value is -0.770. The molecule has 1 nitrogen and oxygen atoms in total. The van der Waals surface area contributed by atoms with Crippen molar-refractivity contribution in [1.82, 2.24) is 0 Å². The zero-order valence-corrected chi connectivity index (χ0v) is 6.54. The molecule has 0 amide bonds. The highest BCUT2D eigenvalue weighted by Gasteiger charge is 2.22. The van der Waals surface area contributed by atoms with E-state index >= 15 is 0 Å². The molecule has 3 unspecified atom stereocenters. The lowest BCUT2D eigenvalue weighted by Gasteiger charge is -2.24.